The van der Waals surface area contributed by atoms with E-state index >= 15 is 0 Å². The van der Waals surface area contributed by atoms with Crippen LogP contribution in [-0.2, 0) is 9.59 Å². The van der Waals surface area contributed by atoms with E-state index in [2.05, 4.69) is 11.9 Å². The van der Waals surface area contributed by atoms with Crippen molar-refractivity contribution in [1.82, 2.24) is 4.90 Å². The Bertz CT molecular complexity index is 266. The Morgan fingerprint density at radius 1 is 1.38 bits per heavy atom. The van der Waals surface area contributed by atoms with Crippen LogP contribution in [0.4, 0.5) is 0 Å². The Kier molecular flexibility index (Phi) is 4.08. The number of likely N-dealkylation sites (tertiary alicyclic amines) is 1. The Morgan fingerprint density at radius 2 is 1.88 bits per heavy atom. The van der Waals surface area contributed by atoms with Crippen molar-refractivity contribution in [2.75, 3.05) is 20.1 Å². The predicted octanol–water partition coefficient (Wildman–Crippen LogP) is 1.40. The number of hydrogen-bond acceptors (Lipinski definition) is 3. The molecule has 1 saturated heterocycles. The van der Waals surface area contributed by atoms with Gasteiger partial charge in [-0.1, -0.05) is 0 Å². The zero-order valence-corrected chi connectivity index (χ0v) is 10.3. The molecule has 0 bridgehead atoms. The van der Waals surface area contributed by atoms with Gasteiger partial charge < -0.3 is 10.0 Å². The van der Waals surface area contributed by atoms with Gasteiger partial charge in [0.05, 0.1) is 0 Å². The van der Waals surface area contributed by atoms with Gasteiger partial charge in [-0.3, -0.25) is 9.59 Å². The van der Waals surface area contributed by atoms with Crippen molar-refractivity contribution >= 4 is 11.8 Å². The summed E-state index contributed by atoms with van der Waals surface area (Å²) in [6.07, 6.45) is 2.46. The Morgan fingerprint density at radius 3 is 2.25 bits per heavy atom. The van der Waals surface area contributed by atoms with Crippen molar-refractivity contribution in [3.05, 3.63) is 0 Å². The van der Waals surface area contributed by atoms with E-state index in [0.717, 1.165) is 25.9 Å². The molecule has 0 aliphatic carbocycles. The summed E-state index contributed by atoms with van der Waals surface area (Å²) in [5.74, 6) is -0.862. The van der Waals surface area contributed by atoms with Crippen LogP contribution in [0.3, 0.4) is 0 Å². The zero-order valence-electron chi connectivity index (χ0n) is 10.3. The van der Waals surface area contributed by atoms with E-state index in [1.165, 1.54) is 6.92 Å². The van der Waals surface area contributed by atoms with E-state index in [0.29, 0.717) is 12.3 Å². The maximum atomic E-state index is 11.5. The summed E-state index contributed by atoms with van der Waals surface area (Å²) in [7, 11) is 2.07. The maximum Gasteiger partial charge on any atom is 0.316 e. The molecule has 4 nitrogen and oxygen atoms in total. The molecule has 1 atom stereocenters. The van der Waals surface area contributed by atoms with Crippen LogP contribution in [0.2, 0.25) is 0 Å². The molecule has 1 aliphatic heterocycles. The second-order valence-electron chi connectivity index (χ2n) is 5.14. The molecule has 1 rings (SSSR count). The molecule has 0 saturated carbocycles. The first-order valence-corrected chi connectivity index (χ1v) is 5.79. The molecule has 1 unspecified atom stereocenters. The van der Waals surface area contributed by atoms with Crippen LogP contribution in [-0.4, -0.2) is 41.9 Å². The Labute approximate surface area is 96.6 Å². The average Bonchev–Trinajstić information content (AvgIpc) is 2.20. The summed E-state index contributed by atoms with van der Waals surface area (Å²) in [5.41, 5.74) is -1.19. The van der Waals surface area contributed by atoms with E-state index in [1.54, 1.807) is 6.92 Å². The largest absolute Gasteiger partial charge is 0.481 e. The molecule has 1 N–H and O–H groups in total. The highest BCUT2D eigenvalue weighted by atomic mass is 16.4. The van der Waals surface area contributed by atoms with E-state index in [-0.39, 0.29) is 5.78 Å². The van der Waals surface area contributed by atoms with Gasteiger partial charge >= 0.3 is 5.97 Å². The van der Waals surface area contributed by atoms with Gasteiger partial charge in [0, 0.05) is 0 Å². The number of rotatable bonds is 4. The van der Waals surface area contributed by atoms with E-state index < -0.39 is 11.4 Å². The third kappa shape index (κ3) is 2.82. The Hall–Kier alpha value is -0.900. The van der Waals surface area contributed by atoms with E-state index in [4.69, 9.17) is 5.11 Å². The summed E-state index contributed by atoms with van der Waals surface area (Å²) >= 11 is 0. The zero-order chi connectivity index (χ0) is 12.3. The minimum Gasteiger partial charge on any atom is -0.481 e. The summed E-state index contributed by atoms with van der Waals surface area (Å²) < 4.78 is 0. The molecule has 0 aromatic heterocycles. The number of carboxylic acids is 1. The van der Waals surface area contributed by atoms with E-state index in [9.17, 15) is 9.59 Å². The molecule has 4 heteroatoms. The lowest BCUT2D eigenvalue weighted by molar-refractivity contribution is -0.154. The molecule has 0 spiro atoms. The number of carbonyl (C=O) groups excluding carboxylic acids is 1. The normalized spacial score (nSPS) is 22.7. The van der Waals surface area contributed by atoms with Crippen LogP contribution in [0.15, 0.2) is 0 Å². The molecule has 0 aromatic rings. The lowest BCUT2D eigenvalue weighted by Gasteiger charge is -2.33. The van der Waals surface area contributed by atoms with Crippen molar-refractivity contribution in [3.63, 3.8) is 0 Å². The minimum atomic E-state index is -1.19. The van der Waals surface area contributed by atoms with Gasteiger partial charge in [-0.25, -0.2) is 0 Å². The fourth-order valence-corrected chi connectivity index (χ4v) is 2.23. The number of aliphatic carboxylic acids is 1. The first kappa shape index (κ1) is 13.2. The maximum absolute atomic E-state index is 11.5. The van der Waals surface area contributed by atoms with Crippen LogP contribution in [0, 0.1) is 11.3 Å². The van der Waals surface area contributed by atoms with Crippen LogP contribution >= 0.6 is 0 Å². The van der Waals surface area contributed by atoms with Crippen molar-refractivity contribution in [2.24, 2.45) is 11.3 Å². The van der Waals surface area contributed by atoms with Crippen LogP contribution in [0.5, 0.6) is 0 Å². The smallest absolute Gasteiger partial charge is 0.316 e. The quantitative estimate of drug-likeness (QED) is 0.737. The van der Waals surface area contributed by atoms with Gasteiger partial charge in [0.15, 0.2) is 0 Å². The number of piperidine rings is 1. The SMILES string of the molecule is CC(=O)C(C)(CC1CCN(C)CC1)C(=O)O. The van der Waals surface area contributed by atoms with Gasteiger partial charge in [-0.05, 0) is 59.2 Å². The van der Waals surface area contributed by atoms with Gasteiger partial charge in [-0.2, -0.15) is 0 Å². The molecule has 16 heavy (non-hydrogen) atoms. The van der Waals surface area contributed by atoms with Crippen LogP contribution in [0.25, 0.3) is 0 Å². The third-order valence-electron chi connectivity index (χ3n) is 3.78. The van der Waals surface area contributed by atoms with Crippen LogP contribution < -0.4 is 0 Å². The standard InChI is InChI=1S/C12H21NO3/c1-9(14)12(2,11(15)16)8-10-4-6-13(3)7-5-10/h10H,4-8H2,1-3H3,(H,15,16). The number of hydrogen-bond donors (Lipinski definition) is 1. The monoisotopic (exact) mass is 227 g/mol. The topological polar surface area (TPSA) is 57.6 Å². The highest BCUT2D eigenvalue weighted by Gasteiger charge is 2.40. The molecule has 0 aromatic carbocycles. The number of ketones is 1. The minimum absolute atomic E-state index is 0.237. The Balaban J connectivity index is 2.63. The first-order valence-electron chi connectivity index (χ1n) is 5.79. The van der Waals surface area contributed by atoms with Crippen molar-refractivity contribution in [1.29, 1.82) is 0 Å². The number of carbonyl (C=O) groups is 2. The van der Waals surface area contributed by atoms with Gasteiger partial charge in [0.25, 0.3) is 0 Å². The molecular weight excluding hydrogens is 206 g/mol. The third-order valence-corrected chi connectivity index (χ3v) is 3.78. The lowest BCUT2D eigenvalue weighted by Crippen LogP contribution is -2.39. The predicted molar refractivity (Wildman–Crippen MR) is 61.3 cm³/mol. The van der Waals surface area contributed by atoms with Crippen molar-refractivity contribution in [3.8, 4) is 0 Å². The summed E-state index contributed by atoms with van der Waals surface area (Å²) in [6, 6.07) is 0. The second kappa shape index (κ2) is 4.95. The molecule has 0 amide bonds. The number of nitrogens with zero attached hydrogens (tertiary/aromatic N) is 1. The molecular formula is C12H21NO3. The first-order chi connectivity index (χ1) is 7.36. The van der Waals surface area contributed by atoms with Crippen molar-refractivity contribution < 1.29 is 14.7 Å². The highest BCUT2D eigenvalue weighted by Crippen LogP contribution is 2.32. The van der Waals surface area contributed by atoms with Crippen LogP contribution in [0.1, 0.15) is 33.1 Å². The molecule has 1 heterocycles. The summed E-state index contributed by atoms with van der Waals surface area (Å²) in [5, 5.41) is 9.15. The van der Waals surface area contributed by atoms with E-state index in [1.807, 2.05) is 0 Å². The number of carboxylic acid groups (broad SMARTS) is 1. The second-order valence-corrected chi connectivity index (χ2v) is 5.14. The van der Waals surface area contributed by atoms with Crippen molar-refractivity contribution in [2.45, 2.75) is 33.1 Å². The average molecular weight is 227 g/mol. The van der Waals surface area contributed by atoms with Gasteiger partial charge in [-0.15, -0.1) is 0 Å². The molecule has 0 radical (unpaired) electrons. The highest BCUT2D eigenvalue weighted by molar-refractivity contribution is 6.01. The fourth-order valence-electron chi connectivity index (χ4n) is 2.23. The van der Waals surface area contributed by atoms with Gasteiger partial charge in [0.2, 0.25) is 0 Å². The number of Topliss-reactive ketones (excluding diaryl/α,β-unsaturated/α-hetero) is 1. The molecule has 1 fully saturated rings. The summed E-state index contributed by atoms with van der Waals surface area (Å²) in [4.78, 5) is 24.9. The molecule has 1 aliphatic rings. The summed E-state index contributed by atoms with van der Waals surface area (Å²) in [6.45, 7) is 4.93. The van der Waals surface area contributed by atoms with Gasteiger partial charge in [0.1, 0.15) is 11.2 Å². The molecule has 92 valence electrons. The fraction of sp³-hybridized carbons (Fsp3) is 0.833. The lowest BCUT2D eigenvalue weighted by atomic mass is 9.75.